The molecule has 0 fully saturated rings. The molecule has 0 aliphatic rings. The molecule has 0 bridgehead atoms. The van der Waals surface area contributed by atoms with Crippen LogP contribution < -0.4 is 10.6 Å². The van der Waals surface area contributed by atoms with Gasteiger partial charge in [-0.05, 0) is 42.4 Å². The van der Waals surface area contributed by atoms with Crippen molar-refractivity contribution >= 4 is 23.0 Å². The van der Waals surface area contributed by atoms with E-state index in [0.29, 0.717) is 11.7 Å². The highest BCUT2D eigenvalue weighted by Crippen LogP contribution is 2.09. The Hall–Kier alpha value is -1.88. The first kappa shape index (κ1) is 12.6. The number of hydrogen-bond acceptors (Lipinski definition) is 2. The molecule has 0 saturated heterocycles. The van der Waals surface area contributed by atoms with Crippen LogP contribution in [0.3, 0.4) is 0 Å². The number of hydrogen-bond donors (Lipinski definition) is 3. The summed E-state index contributed by atoms with van der Waals surface area (Å²) < 4.78 is 0. The molecule has 2 aromatic rings. The number of aromatic amines is 1. The summed E-state index contributed by atoms with van der Waals surface area (Å²) in [6.07, 6.45) is 2.76. The maximum absolute atomic E-state index is 5.21. The van der Waals surface area contributed by atoms with Gasteiger partial charge < -0.3 is 10.6 Å². The van der Waals surface area contributed by atoms with E-state index < -0.39 is 0 Å². The quantitative estimate of drug-likeness (QED) is 0.739. The van der Waals surface area contributed by atoms with Crippen LogP contribution in [0.4, 0.5) is 5.69 Å². The van der Waals surface area contributed by atoms with E-state index in [-0.39, 0.29) is 0 Å². The normalized spacial score (nSPS) is 10.1. The second-order valence-corrected chi connectivity index (χ2v) is 4.35. The van der Waals surface area contributed by atoms with Crippen molar-refractivity contribution in [2.45, 2.75) is 19.9 Å². The number of nitrogens with zero attached hydrogens (tertiary/aromatic N) is 1. The second kappa shape index (κ2) is 6.16. The first-order valence-electron chi connectivity index (χ1n) is 5.90. The van der Waals surface area contributed by atoms with Gasteiger partial charge in [0.25, 0.3) is 0 Å². The fourth-order valence-corrected chi connectivity index (χ4v) is 1.75. The highest BCUT2D eigenvalue weighted by atomic mass is 32.1. The molecular formula is C13H16N4S. The van der Waals surface area contributed by atoms with E-state index in [9.17, 15) is 0 Å². The van der Waals surface area contributed by atoms with E-state index in [1.165, 1.54) is 5.56 Å². The largest absolute Gasteiger partial charge is 0.357 e. The zero-order valence-electron chi connectivity index (χ0n) is 10.2. The van der Waals surface area contributed by atoms with Gasteiger partial charge in [0.2, 0.25) is 0 Å². The smallest absolute Gasteiger partial charge is 0.171 e. The minimum absolute atomic E-state index is 0.605. The molecule has 0 aliphatic heterocycles. The molecule has 5 heteroatoms. The zero-order chi connectivity index (χ0) is 12.8. The summed E-state index contributed by atoms with van der Waals surface area (Å²) >= 11 is 5.21. The van der Waals surface area contributed by atoms with Crippen LogP contribution in [-0.2, 0) is 13.0 Å². The van der Waals surface area contributed by atoms with Crippen molar-refractivity contribution in [2.75, 3.05) is 5.32 Å². The standard InChI is InChI=1S/C13H16N4S/c1-2-10-3-5-11(6-4-10)16-13(18)14-9-12-7-8-15-17-12/h3-8H,2,9H2,1H3,(H,15,17)(H2,14,16,18). The Kier molecular flexibility index (Phi) is 4.30. The Bertz CT molecular complexity index is 490. The van der Waals surface area contributed by atoms with Crippen molar-refractivity contribution in [2.24, 2.45) is 0 Å². The average molecular weight is 260 g/mol. The van der Waals surface area contributed by atoms with Crippen LogP contribution in [0.1, 0.15) is 18.2 Å². The molecule has 3 N–H and O–H groups in total. The van der Waals surface area contributed by atoms with Gasteiger partial charge >= 0.3 is 0 Å². The van der Waals surface area contributed by atoms with Gasteiger partial charge in [0, 0.05) is 11.9 Å². The van der Waals surface area contributed by atoms with Crippen molar-refractivity contribution in [1.82, 2.24) is 15.5 Å². The van der Waals surface area contributed by atoms with Crippen molar-refractivity contribution < 1.29 is 0 Å². The summed E-state index contributed by atoms with van der Waals surface area (Å²) in [6, 6.07) is 10.2. The summed E-state index contributed by atoms with van der Waals surface area (Å²) in [5.41, 5.74) is 3.31. The van der Waals surface area contributed by atoms with Crippen LogP contribution in [0.15, 0.2) is 36.5 Å². The minimum Gasteiger partial charge on any atom is -0.357 e. The van der Waals surface area contributed by atoms with Gasteiger partial charge in [0.05, 0.1) is 12.2 Å². The van der Waals surface area contributed by atoms with E-state index in [4.69, 9.17) is 12.2 Å². The van der Waals surface area contributed by atoms with Crippen LogP contribution in [0, 0.1) is 0 Å². The van der Waals surface area contributed by atoms with Crippen LogP contribution in [-0.4, -0.2) is 15.3 Å². The van der Waals surface area contributed by atoms with Gasteiger partial charge in [-0.1, -0.05) is 19.1 Å². The van der Waals surface area contributed by atoms with Crippen LogP contribution in [0.25, 0.3) is 0 Å². The number of rotatable bonds is 4. The molecule has 0 amide bonds. The lowest BCUT2D eigenvalue weighted by atomic mass is 10.1. The van der Waals surface area contributed by atoms with Crippen molar-refractivity contribution in [3.63, 3.8) is 0 Å². The van der Waals surface area contributed by atoms with E-state index in [0.717, 1.165) is 17.8 Å². The van der Waals surface area contributed by atoms with Gasteiger partial charge in [0.15, 0.2) is 5.11 Å². The first-order valence-corrected chi connectivity index (χ1v) is 6.31. The monoisotopic (exact) mass is 260 g/mol. The molecular weight excluding hydrogens is 244 g/mol. The number of nitrogens with one attached hydrogen (secondary N) is 3. The van der Waals surface area contributed by atoms with Gasteiger partial charge in [-0.3, -0.25) is 5.10 Å². The maximum atomic E-state index is 5.21. The molecule has 2 rings (SSSR count). The predicted molar refractivity (Wildman–Crippen MR) is 77.5 cm³/mol. The first-order chi connectivity index (χ1) is 8.78. The highest BCUT2D eigenvalue weighted by molar-refractivity contribution is 7.80. The Labute approximate surface area is 112 Å². The zero-order valence-corrected chi connectivity index (χ0v) is 11.1. The number of benzene rings is 1. The molecule has 0 atom stereocenters. The molecule has 1 aromatic carbocycles. The Balaban J connectivity index is 1.83. The van der Waals surface area contributed by atoms with Gasteiger partial charge in [-0.2, -0.15) is 5.10 Å². The molecule has 94 valence electrons. The number of thiocarbonyl (C=S) groups is 1. The van der Waals surface area contributed by atoms with Gasteiger partial charge in [-0.15, -0.1) is 0 Å². The lowest BCUT2D eigenvalue weighted by molar-refractivity contribution is 0.865. The summed E-state index contributed by atoms with van der Waals surface area (Å²) in [4.78, 5) is 0. The average Bonchev–Trinajstić information content (AvgIpc) is 2.90. The van der Waals surface area contributed by atoms with E-state index in [1.807, 2.05) is 18.2 Å². The lowest BCUT2D eigenvalue weighted by Crippen LogP contribution is -2.28. The van der Waals surface area contributed by atoms with E-state index in [1.54, 1.807) is 6.20 Å². The van der Waals surface area contributed by atoms with Gasteiger partial charge in [-0.25, -0.2) is 0 Å². The second-order valence-electron chi connectivity index (χ2n) is 3.94. The third-order valence-electron chi connectivity index (χ3n) is 2.62. The molecule has 0 saturated carbocycles. The molecule has 0 aliphatic carbocycles. The third kappa shape index (κ3) is 3.56. The Morgan fingerprint density at radius 2 is 2.06 bits per heavy atom. The Morgan fingerprint density at radius 1 is 1.28 bits per heavy atom. The summed E-state index contributed by atoms with van der Waals surface area (Å²) in [6.45, 7) is 2.78. The summed E-state index contributed by atoms with van der Waals surface area (Å²) in [7, 11) is 0. The number of aromatic nitrogens is 2. The maximum Gasteiger partial charge on any atom is 0.171 e. The van der Waals surface area contributed by atoms with Crippen molar-refractivity contribution in [1.29, 1.82) is 0 Å². The predicted octanol–water partition coefficient (Wildman–Crippen LogP) is 2.46. The fraction of sp³-hybridized carbons (Fsp3) is 0.231. The fourth-order valence-electron chi connectivity index (χ4n) is 1.56. The van der Waals surface area contributed by atoms with Crippen molar-refractivity contribution in [3.8, 4) is 0 Å². The molecule has 4 nitrogen and oxygen atoms in total. The van der Waals surface area contributed by atoms with Crippen LogP contribution in [0.5, 0.6) is 0 Å². The van der Waals surface area contributed by atoms with Gasteiger partial charge in [0.1, 0.15) is 0 Å². The molecule has 1 aromatic heterocycles. The number of H-pyrrole nitrogens is 1. The third-order valence-corrected chi connectivity index (χ3v) is 2.86. The highest BCUT2D eigenvalue weighted by Gasteiger charge is 1.98. The van der Waals surface area contributed by atoms with Crippen LogP contribution in [0.2, 0.25) is 0 Å². The van der Waals surface area contributed by atoms with Crippen molar-refractivity contribution in [3.05, 3.63) is 47.8 Å². The Morgan fingerprint density at radius 3 is 2.67 bits per heavy atom. The summed E-state index contributed by atoms with van der Waals surface area (Å²) in [5, 5.41) is 13.6. The number of aryl methyl sites for hydroxylation is 1. The topological polar surface area (TPSA) is 52.7 Å². The molecule has 1 heterocycles. The van der Waals surface area contributed by atoms with E-state index in [2.05, 4.69) is 39.9 Å². The van der Waals surface area contributed by atoms with Crippen LogP contribution >= 0.6 is 12.2 Å². The minimum atomic E-state index is 0.605. The number of anilines is 1. The molecule has 0 spiro atoms. The summed E-state index contributed by atoms with van der Waals surface area (Å²) in [5.74, 6) is 0. The molecule has 0 unspecified atom stereocenters. The van der Waals surface area contributed by atoms with E-state index >= 15 is 0 Å². The lowest BCUT2D eigenvalue weighted by Gasteiger charge is -2.10. The SMILES string of the molecule is CCc1ccc(NC(=S)NCc2ccn[nH]2)cc1. The molecule has 18 heavy (non-hydrogen) atoms. The molecule has 0 radical (unpaired) electrons.